The van der Waals surface area contributed by atoms with Gasteiger partial charge in [0, 0.05) is 31.4 Å². The third kappa shape index (κ3) is 4.56. The minimum Gasteiger partial charge on any atom is -0.395 e. The first-order valence-corrected chi connectivity index (χ1v) is 7.28. The largest absolute Gasteiger partial charge is 0.395 e. The molecule has 1 unspecified atom stereocenters. The second-order valence-corrected chi connectivity index (χ2v) is 5.32. The van der Waals surface area contributed by atoms with Crippen LogP contribution in [-0.4, -0.2) is 47.3 Å². The lowest BCUT2D eigenvalue weighted by Gasteiger charge is -2.34. The summed E-state index contributed by atoms with van der Waals surface area (Å²) in [6.07, 6.45) is 3.65. The molecule has 0 aromatic carbocycles. The molecule has 2 heterocycles. The first-order valence-electron chi connectivity index (χ1n) is 7.28. The molecule has 0 radical (unpaired) electrons. The molecule has 1 aromatic heterocycles. The molecule has 1 aliphatic heterocycles. The van der Waals surface area contributed by atoms with E-state index < -0.39 is 0 Å². The van der Waals surface area contributed by atoms with Crippen molar-refractivity contribution in [2.24, 2.45) is 0 Å². The molecule has 1 saturated heterocycles. The Labute approximate surface area is 115 Å². The van der Waals surface area contributed by atoms with Crippen LogP contribution in [0.25, 0.3) is 0 Å². The van der Waals surface area contributed by atoms with Crippen LogP contribution in [0.3, 0.4) is 0 Å². The van der Waals surface area contributed by atoms with Gasteiger partial charge in [-0.15, -0.1) is 0 Å². The average molecular weight is 263 g/mol. The summed E-state index contributed by atoms with van der Waals surface area (Å²) in [4.78, 5) is 6.88. The Morgan fingerprint density at radius 2 is 2.32 bits per heavy atom. The highest BCUT2D eigenvalue weighted by atomic mass is 16.3. The van der Waals surface area contributed by atoms with Crippen molar-refractivity contribution in [2.45, 2.75) is 38.8 Å². The second-order valence-electron chi connectivity index (χ2n) is 5.32. The normalized spacial score (nSPS) is 20.6. The first-order chi connectivity index (χ1) is 9.29. The molecular formula is C15H25N3O. The Hall–Kier alpha value is -0.970. The maximum atomic E-state index is 9.35. The lowest BCUT2D eigenvalue weighted by Crippen LogP contribution is -2.44. The van der Waals surface area contributed by atoms with Crippen molar-refractivity contribution in [1.82, 2.24) is 15.2 Å². The number of aromatic nitrogens is 1. The summed E-state index contributed by atoms with van der Waals surface area (Å²) in [6, 6.07) is 6.49. The van der Waals surface area contributed by atoms with Gasteiger partial charge in [-0.25, -0.2) is 0 Å². The maximum absolute atomic E-state index is 9.35. The van der Waals surface area contributed by atoms with Crippen molar-refractivity contribution in [3.05, 3.63) is 29.6 Å². The fraction of sp³-hybridized carbons (Fsp3) is 0.667. The Morgan fingerprint density at radius 1 is 1.42 bits per heavy atom. The van der Waals surface area contributed by atoms with Gasteiger partial charge in [-0.2, -0.15) is 0 Å². The lowest BCUT2D eigenvalue weighted by molar-refractivity contribution is 0.0910. The minimum absolute atomic E-state index is 0.291. The number of nitrogens with one attached hydrogen (secondary N) is 1. The van der Waals surface area contributed by atoms with Crippen LogP contribution in [-0.2, 0) is 6.54 Å². The quantitative estimate of drug-likeness (QED) is 0.760. The van der Waals surface area contributed by atoms with Crippen LogP contribution in [0.1, 0.15) is 30.7 Å². The summed E-state index contributed by atoms with van der Waals surface area (Å²) in [5.41, 5.74) is 2.16. The summed E-state index contributed by atoms with van der Waals surface area (Å²) >= 11 is 0. The lowest BCUT2D eigenvalue weighted by atomic mass is 10.0. The molecule has 19 heavy (non-hydrogen) atoms. The van der Waals surface area contributed by atoms with E-state index in [1.807, 2.05) is 19.1 Å². The van der Waals surface area contributed by atoms with Crippen molar-refractivity contribution in [2.75, 3.05) is 26.2 Å². The predicted octanol–water partition coefficient (Wildman–Crippen LogP) is 1.33. The van der Waals surface area contributed by atoms with Crippen molar-refractivity contribution in [3.8, 4) is 0 Å². The topological polar surface area (TPSA) is 48.4 Å². The zero-order valence-corrected chi connectivity index (χ0v) is 11.8. The van der Waals surface area contributed by atoms with Crippen molar-refractivity contribution in [1.29, 1.82) is 0 Å². The van der Waals surface area contributed by atoms with E-state index in [1.165, 1.54) is 12.8 Å². The third-order valence-corrected chi connectivity index (χ3v) is 3.79. The maximum Gasteiger partial charge on any atom is 0.0586 e. The van der Waals surface area contributed by atoms with Crippen LogP contribution < -0.4 is 5.32 Å². The van der Waals surface area contributed by atoms with Crippen LogP contribution in [0, 0.1) is 6.92 Å². The van der Waals surface area contributed by atoms with E-state index >= 15 is 0 Å². The molecule has 2 rings (SSSR count). The predicted molar refractivity (Wildman–Crippen MR) is 77.0 cm³/mol. The van der Waals surface area contributed by atoms with Crippen LogP contribution in [0.5, 0.6) is 0 Å². The number of rotatable bonds is 6. The highest BCUT2D eigenvalue weighted by Crippen LogP contribution is 2.15. The average Bonchev–Trinajstić information content (AvgIpc) is 2.44. The fourth-order valence-electron chi connectivity index (χ4n) is 2.70. The van der Waals surface area contributed by atoms with E-state index in [0.717, 1.165) is 44.0 Å². The van der Waals surface area contributed by atoms with Gasteiger partial charge in [-0.1, -0.05) is 12.5 Å². The molecule has 4 heteroatoms. The summed E-state index contributed by atoms with van der Waals surface area (Å²) in [7, 11) is 0. The number of pyridine rings is 1. The molecule has 0 aliphatic carbocycles. The molecule has 106 valence electrons. The van der Waals surface area contributed by atoms with E-state index in [4.69, 9.17) is 0 Å². The number of aliphatic hydroxyl groups is 1. The number of aryl methyl sites for hydroxylation is 1. The van der Waals surface area contributed by atoms with Crippen LogP contribution >= 0.6 is 0 Å². The molecule has 0 amide bonds. The molecule has 0 bridgehead atoms. The fourth-order valence-corrected chi connectivity index (χ4v) is 2.70. The van der Waals surface area contributed by atoms with Gasteiger partial charge in [-0.3, -0.25) is 9.88 Å². The van der Waals surface area contributed by atoms with E-state index in [2.05, 4.69) is 21.3 Å². The minimum atomic E-state index is 0.291. The molecule has 2 N–H and O–H groups in total. The molecular weight excluding hydrogens is 238 g/mol. The van der Waals surface area contributed by atoms with Gasteiger partial charge in [-0.05, 0) is 38.4 Å². The molecule has 4 nitrogen and oxygen atoms in total. The summed E-state index contributed by atoms with van der Waals surface area (Å²) in [6.45, 7) is 6.21. The molecule has 1 aliphatic rings. The number of piperidine rings is 1. The van der Waals surface area contributed by atoms with Crippen LogP contribution in [0.4, 0.5) is 0 Å². The van der Waals surface area contributed by atoms with Gasteiger partial charge in [0.05, 0.1) is 12.3 Å². The molecule has 0 saturated carbocycles. The molecule has 1 aromatic rings. The molecule has 1 fully saturated rings. The van der Waals surface area contributed by atoms with Gasteiger partial charge < -0.3 is 10.4 Å². The summed E-state index contributed by atoms with van der Waals surface area (Å²) in [5, 5.41) is 12.8. The molecule has 0 spiro atoms. The Morgan fingerprint density at radius 3 is 3.11 bits per heavy atom. The standard InChI is InChI=1S/C15H25N3O/c1-13-5-4-6-14(17-13)11-16-8-10-18-9-3-2-7-15(18)12-19/h4-6,15-16,19H,2-3,7-12H2,1H3. The highest BCUT2D eigenvalue weighted by Gasteiger charge is 2.20. The Balaban J connectivity index is 1.68. The smallest absolute Gasteiger partial charge is 0.0586 e. The molecule has 1 atom stereocenters. The van der Waals surface area contributed by atoms with Crippen molar-refractivity contribution < 1.29 is 5.11 Å². The summed E-state index contributed by atoms with van der Waals surface area (Å²) in [5.74, 6) is 0. The van der Waals surface area contributed by atoms with E-state index in [9.17, 15) is 5.11 Å². The Bertz CT molecular complexity index is 383. The van der Waals surface area contributed by atoms with Crippen LogP contribution in [0.2, 0.25) is 0 Å². The SMILES string of the molecule is Cc1cccc(CNCCN2CCCCC2CO)n1. The van der Waals surface area contributed by atoms with Gasteiger partial charge in [0.15, 0.2) is 0 Å². The van der Waals surface area contributed by atoms with Gasteiger partial charge in [0.25, 0.3) is 0 Å². The van der Waals surface area contributed by atoms with Gasteiger partial charge in [0.1, 0.15) is 0 Å². The zero-order valence-electron chi connectivity index (χ0n) is 11.8. The summed E-state index contributed by atoms with van der Waals surface area (Å²) < 4.78 is 0. The number of hydrogen-bond donors (Lipinski definition) is 2. The third-order valence-electron chi connectivity index (χ3n) is 3.79. The highest BCUT2D eigenvalue weighted by molar-refractivity contribution is 5.09. The number of likely N-dealkylation sites (tertiary alicyclic amines) is 1. The van der Waals surface area contributed by atoms with Gasteiger partial charge in [0.2, 0.25) is 0 Å². The zero-order chi connectivity index (χ0) is 13.5. The van der Waals surface area contributed by atoms with Crippen molar-refractivity contribution in [3.63, 3.8) is 0 Å². The second kappa shape index (κ2) is 7.58. The van der Waals surface area contributed by atoms with E-state index in [1.54, 1.807) is 0 Å². The van der Waals surface area contributed by atoms with E-state index in [0.29, 0.717) is 12.6 Å². The monoisotopic (exact) mass is 263 g/mol. The van der Waals surface area contributed by atoms with Crippen LogP contribution in [0.15, 0.2) is 18.2 Å². The van der Waals surface area contributed by atoms with E-state index in [-0.39, 0.29) is 0 Å². The van der Waals surface area contributed by atoms with Crippen molar-refractivity contribution >= 4 is 0 Å². The number of hydrogen-bond acceptors (Lipinski definition) is 4. The Kier molecular flexibility index (Phi) is 5.76. The number of nitrogens with zero attached hydrogens (tertiary/aromatic N) is 2. The van der Waals surface area contributed by atoms with Gasteiger partial charge >= 0.3 is 0 Å². The number of aliphatic hydroxyl groups excluding tert-OH is 1. The first kappa shape index (κ1) is 14.4.